The summed E-state index contributed by atoms with van der Waals surface area (Å²) in [5.74, 6) is 0.418. The summed E-state index contributed by atoms with van der Waals surface area (Å²) in [5, 5.41) is 10.4. The van der Waals surface area contributed by atoms with Gasteiger partial charge in [0.15, 0.2) is 12.0 Å². The Morgan fingerprint density at radius 2 is 2.29 bits per heavy atom. The molecule has 0 spiro atoms. The second-order valence-electron chi connectivity index (χ2n) is 3.05. The van der Waals surface area contributed by atoms with Gasteiger partial charge in [-0.15, -0.1) is 0 Å². The molecule has 0 saturated carbocycles. The molecule has 0 aliphatic rings. The number of hydrogen-bond acceptors (Lipinski definition) is 4. The Hall–Kier alpha value is -1.91. The van der Waals surface area contributed by atoms with Crippen LogP contribution in [-0.2, 0) is 0 Å². The number of carbonyl (C=O) groups excluding carboxylic acids is 1. The van der Waals surface area contributed by atoms with Crippen molar-refractivity contribution in [2.24, 2.45) is 0 Å². The van der Waals surface area contributed by atoms with E-state index < -0.39 is 0 Å². The van der Waals surface area contributed by atoms with Crippen LogP contribution < -0.4 is 0 Å². The molecule has 0 unspecified atom stereocenters. The molecule has 5 heteroatoms. The average molecular weight is 191 g/mol. The third kappa shape index (κ3) is 1.14. The van der Waals surface area contributed by atoms with Crippen LogP contribution >= 0.6 is 0 Å². The molecule has 2 heterocycles. The number of nitrogens with one attached hydrogen (secondary N) is 1. The molecule has 0 aliphatic carbocycles. The first-order chi connectivity index (χ1) is 6.74. The third-order valence-electron chi connectivity index (χ3n) is 2.19. The predicted molar refractivity (Wildman–Crippen MR) is 48.9 cm³/mol. The minimum Gasteiger partial charge on any atom is -0.354 e. The van der Waals surface area contributed by atoms with Crippen molar-refractivity contribution in [2.75, 3.05) is 0 Å². The highest BCUT2D eigenvalue weighted by Crippen LogP contribution is 2.24. The van der Waals surface area contributed by atoms with E-state index in [4.69, 9.17) is 4.52 Å². The molecule has 72 valence electrons. The molecule has 0 fully saturated rings. The smallest absolute Gasteiger partial charge is 0.197 e. The van der Waals surface area contributed by atoms with E-state index in [2.05, 4.69) is 15.4 Å². The van der Waals surface area contributed by atoms with Crippen LogP contribution in [0.25, 0.3) is 11.5 Å². The monoisotopic (exact) mass is 191 g/mol. The van der Waals surface area contributed by atoms with Gasteiger partial charge in [0.05, 0.1) is 11.8 Å². The molecule has 2 aromatic heterocycles. The van der Waals surface area contributed by atoms with Crippen LogP contribution in [0.3, 0.4) is 0 Å². The molecule has 0 bridgehead atoms. The number of aromatic amines is 1. The Bertz CT molecular complexity index is 470. The molecule has 5 nitrogen and oxygen atoms in total. The Balaban J connectivity index is 2.59. The van der Waals surface area contributed by atoms with Crippen molar-refractivity contribution >= 4 is 6.29 Å². The first-order valence-electron chi connectivity index (χ1n) is 4.16. The van der Waals surface area contributed by atoms with Crippen LogP contribution in [-0.4, -0.2) is 21.6 Å². The normalized spacial score (nSPS) is 10.4. The van der Waals surface area contributed by atoms with Gasteiger partial charge in [-0.1, -0.05) is 5.16 Å². The highest BCUT2D eigenvalue weighted by molar-refractivity contribution is 5.84. The Labute approximate surface area is 80.1 Å². The number of hydrogen-bond donors (Lipinski definition) is 1. The van der Waals surface area contributed by atoms with Gasteiger partial charge in [-0.25, -0.2) is 0 Å². The SMILES string of the molecule is Cc1[nH]nc(-c2oncc2C=O)c1C. The van der Waals surface area contributed by atoms with Crippen molar-refractivity contribution in [3.05, 3.63) is 23.0 Å². The molecule has 0 atom stereocenters. The van der Waals surface area contributed by atoms with Gasteiger partial charge in [-0.3, -0.25) is 9.89 Å². The van der Waals surface area contributed by atoms with Gasteiger partial charge in [0.1, 0.15) is 5.69 Å². The zero-order chi connectivity index (χ0) is 10.1. The maximum atomic E-state index is 10.6. The summed E-state index contributed by atoms with van der Waals surface area (Å²) < 4.78 is 4.97. The molecule has 2 rings (SSSR count). The van der Waals surface area contributed by atoms with Gasteiger partial charge in [0, 0.05) is 11.3 Å². The molecular weight excluding hydrogens is 182 g/mol. The highest BCUT2D eigenvalue weighted by Gasteiger charge is 2.16. The van der Waals surface area contributed by atoms with Crippen molar-refractivity contribution in [1.29, 1.82) is 0 Å². The van der Waals surface area contributed by atoms with Crippen LogP contribution in [0.2, 0.25) is 0 Å². The molecule has 0 aliphatic heterocycles. The van der Waals surface area contributed by atoms with E-state index in [1.165, 1.54) is 6.20 Å². The van der Waals surface area contributed by atoms with E-state index in [0.29, 0.717) is 23.3 Å². The lowest BCUT2D eigenvalue weighted by Crippen LogP contribution is -1.84. The number of aryl methyl sites for hydroxylation is 1. The number of aromatic nitrogens is 3. The van der Waals surface area contributed by atoms with Crippen LogP contribution in [0.5, 0.6) is 0 Å². The Morgan fingerprint density at radius 3 is 2.86 bits per heavy atom. The summed E-state index contributed by atoms with van der Waals surface area (Å²) >= 11 is 0. The van der Waals surface area contributed by atoms with Gasteiger partial charge >= 0.3 is 0 Å². The number of H-pyrrole nitrogens is 1. The largest absolute Gasteiger partial charge is 0.354 e. The molecule has 2 aromatic rings. The average Bonchev–Trinajstić information content (AvgIpc) is 2.75. The molecule has 0 saturated heterocycles. The lowest BCUT2D eigenvalue weighted by molar-refractivity contribution is 0.112. The second kappa shape index (κ2) is 3.10. The molecule has 1 N–H and O–H groups in total. The molecular formula is C9H9N3O2. The molecule has 0 radical (unpaired) electrons. The minimum absolute atomic E-state index is 0.416. The minimum atomic E-state index is 0.416. The van der Waals surface area contributed by atoms with E-state index in [9.17, 15) is 4.79 Å². The van der Waals surface area contributed by atoms with Gasteiger partial charge in [-0.2, -0.15) is 5.10 Å². The zero-order valence-corrected chi connectivity index (χ0v) is 7.87. The lowest BCUT2D eigenvalue weighted by atomic mass is 10.1. The maximum absolute atomic E-state index is 10.6. The van der Waals surface area contributed by atoms with Gasteiger partial charge in [-0.05, 0) is 13.8 Å². The number of nitrogens with zero attached hydrogens (tertiary/aromatic N) is 2. The topological polar surface area (TPSA) is 71.8 Å². The summed E-state index contributed by atoms with van der Waals surface area (Å²) in [6, 6.07) is 0. The maximum Gasteiger partial charge on any atom is 0.197 e. The number of rotatable bonds is 2. The van der Waals surface area contributed by atoms with Crippen molar-refractivity contribution in [3.8, 4) is 11.5 Å². The van der Waals surface area contributed by atoms with Crippen molar-refractivity contribution < 1.29 is 9.32 Å². The highest BCUT2D eigenvalue weighted by atomic mass is 16.5. The Morgan fingerprint density at radius 1 is 1.50 bits per heavy atom. The van der Waals surface area contributed by atoms with E-state index >= 15 is 0 Å². The summed E-state index contributed by atoms with van der Waals surface area (Å²) in [6.45, 7) is 3.81. The van der Waals surface area contributed by atoms with Crippen LogP contribution in [0.15, 0.2) is 10.7 Å². The fraction of sp³-hybridized carbons (Fsp3) is 0.222. The van der Waals surface area contributed by atoms with Crippen molar-refractivity contribution in [1.82, 2.24) is 15.4 Å². The van der Waals surface area contributed by atoms with Gasteiger partial charge < -0.3 is 4.52 Å². The van der Waals surface area contributed by atoms with Crippen LogP contribution in [0, 0.1) is 13.8 Å². The first-order valence-corrected chi connectivity index (χ1v) is 4.16. The van der Waals surface area contributed by atoms with Crippen molar-refractivity contribution in [3.63, 3.8) is 0 Å². The summed E-state index contributed by atoms with van der Waals surface area (Å²) in [4.78, 5) is 10.6. The number of aldehydes is 1. The summed E-state index contributed by atoms with van der Waals surface area (Å²) in [5.41, 5.74) is 2.97. The van der Waals surface area contributed by atoms with Crippen molar-refractivity contribution in [2.45, 2.75) is 13.8 Å². The second-order valence-corrected chi connectivity index (χ2v) is 3.05. The van der Waals surface area contributed by atoms with E-state index in [0.717, 1.165) is 11.3 Å². The van der Waals surface area contributed by atoms with E-state index in [1.807, 2.05) is 13.8 Å². The van der Waals surface area contributed by atoms with Gasteiger partial charge in [0.2, 0.25) is 0 Å². The third-order valence-corrected chi connectivity index (χ3v) is 2.19. The summed E-state index contributed by atoms with van der Waals surface area (Å²) in [7, 11) is 0. The zero-order valence-electron chi connectivity index (χ0n) is 7.87. The quantitative estimate of drug-likeness (QED) is 0.730. The Kier molecular flexibility index (Phi) is 1.92. The van der Waals surface area contributed by atoms with E-state index in [1.54, 1.807) is 0 Å². The lowest BCUT2D eigenvalue weighted by Gasteiger charge is -1.92. The van der Waals surface area contributed by atoms with Crippen LogP contribution in [0.1, 0.15) is 21.6 Å². The first kappa shape index (κ1) is 8.68. The molecule has 0 aromatic carbocycles. The summed E-state index contributed by atoms with van der Waals surface area (Å²) in [6.07, 6.45) is 2.08. The van der Waals surface area contributed by atoms with Crippen LogP contribution in [0.4, 0.5) is 0 Å². The predicted octanol–water partition coefficient (Wildman–Crippen LogP) is 1.49. The number of carbonyl (C=O) groups is 1. The fourth-order valence-corrected chi connectivity index (χ4v) is 1.22. The standard InChI is InChI=1S/C9H9N3O2/c1-5-6(2)11-12-8(5)9-7(4-13)3-10-14-9/h3-4H,1-2H3,(H,11,12). The van der Waals surface area contributed by atoms with E-state index in [-0.39, 0.29) is 0 Å². The molecule has 14 heavy (non-hydrogen) atoms. The van der Waals surface area contributed by atoms with Gasteiger partial charge in [0.25, 0.3) is 0 Å². The molecule has 0 amide bonds. The fourth-order valence-electron chi connectivity index (χ4n) is 1.22.